The van der Waals surface area contributed by atoms with Crippen molar-refractivity contribution in [2.24, 2.45) is 11.8 Å². The molecule has 1 saturated carbocycles. The average molecular weight is 588 g/mol. The first-order valence-electron chi connectivity index (χ1n) is 15.4. The molecule has 0 bridgehead atoms. The van der Waals surface area contributed by atoms with Gasteiger partial charge >= 0.3 is 29.6 Å². The predicted octanol–water partition coefficient (Wildman–Crippen LogP) is 4.57. The van der Waals surface area contributed by atoms with Crippen molar-refractivity contribution < 1.29 is 48.9 Å². The Bertz CT molecular complexity index is 1410. The van der Waals surface area contributed by atoms with E-state index in [4.69, 9.17) is 9.47 Å². The Labute approximate surface area is 278 Å². The van der Waals surface area contributed by atoms with Crippen molar-refractivity contribution in [1.82, 2.24) is 4.57 Å². The minimum atomic E-state index is -1.23. The molecule has 1 aromatic heterocycles. The largest absolute Gasteiger partial charge is 1.00 e. The molecule has 0 N–H and O–H groups in total. The van der Waals surface area contributed by atoms with Crippen LogP contribution >= 0.6 is 0 Å². The molecule has 0 radical (unpaired) electrons. The fourth-order valence-electron chi connectivity index (χ4n) is 6.06. The topological polar surface area (TPSA) is 63.5 Å². The van der Waals surface area contributed by atoms with Gasteiger partial charge in [-0.1, -0.05) is 69.4 Å². The third-order valence-electron chi connectivity index (χ3n) is 8.54. The number of rotatable bonds is 13. The second-order valence-corrected chi connectivity index (χ2v) is 11.7. The van der Waals surface area contributed by atoms with Crippen molar-refractivity contribution in [2.45, 2.75) is 71.3 Å². The van der Waals surface area contributed by atoms with E-state index < -0.39 is 12.1 Å². The van der Waals surface area contributed by atoms with Crippen LogP contribution in [-0.2, 0) is 11.2 Å². The second-order valence-electron chi connectivity index (χ2n) is 11.7. The summed E-state index contributed by atoms with van der Waals surface area (Å²) in [6, 6.07) is 29.6. The molecule has 6 heteroatoms. The molecule has 3 aromatic carbocycles. The monoisotopic (exact) mass is 587 g/mol. The number of unbranched alkanes of at least 4 members (excludes halogenated alkanes) is 1. The smallest absolute Gasteiger partial charge is 0.546 e. The van der Waals surface area contributed by atoms with E-state index in [0.717, 1.165) is 46.5 Å². The van der Waals surface area contributed by atoms with Gasteiger partial charge in [0.25, 0.3) is 0 Å². The van der Waals surface area contributed by atoms with E-state index in [1.165, 1.54) is 44.9 Å². The number of nitrogens with zero attached hydrogens (tertiary/aromatic N) is 1. The average Bonchev–Trinajstić information content (AvgIpc) is 3.41. The summed E-state index contributed by atoms with van der Waals surface area (Å²) in [5.74, 6) is 1.76. The van der Waals surface area contributed by atoms with E-state index in [2.05, 4.69) is 54.8 Å². The van der Waals surface area contributed by atoms with Crippen molar-refractivity contribution in [1.29, 1.82) is 0 Å². The molecule has 1 atom stereocenters. The molecule has 43 heavy (non-hydrogen) atoms. The number of hydrogen-bond donors (Lipinski definition) is 0. The number of aliphatic carboxylic acids is 1. The van der Waals surface area contributed by atoms with Gasteiger partial charge < -0.3 is 23.9 Å². The van der Waals surface area contributed by atoms with Crippen LogP contribution in [0.15, 0.2) is 91.0 Å². The van der Waals surface area contributed by atoms with E-state index in [-0.39, 0.29) is 36.0 Å². The van der Waals surface area contributed by atoms with Crippen molar-refractivity contribution in [3.63, 3.8) is 0 Å². The zero-order valence-electron chi connectivity index (χ0n) is 25.8. The van der Waals surface area contributed by atoms with Crippen molar-refractivity contribution in [3.05, 3.63) is 102 Å². The fraction of sp³-hybridized carbons (Fsp3) is 0.378. The summed E-state index contributed by atoms with van der Waals surface area (Å²) in [6.07, 6.45) is 8.49. The van der Waals surface area contributed by atoms with Gasteiger partial charge in [-0.2, -0.15) is 0 Å². The van der Waals surface area contributed by atoms with Crippen LogP contribution in [0, 0.1) is 18.8 Å². The van der Waals surface area contributed by atoms with Gasteiger partial charge in [-0.15, -0.1) is 0 Å². The van der Waals surface area contributed by atoms with E-state index in [0.29, 0.717) is 11.7 Å². The van der Waals surface area contributed by atoms with Crippen LogP contribution in [-0.4, -0.2) is 23.2 Å². The zero-order chi connectivity index (χ0) is 29.3. The van der Waals surface area contributed by atoms with Crippen LogP contribution in [0.2, 0.25) is 0 Å². The van der Waals surface area contributed by atoms with Crippen LogP contribution in [0.3, 0.4) is 0 Å². The van der Waals surface area contributed by atoms with Crippen molar-refractivity contribution in [3.8, 4) is 28.4 Å². The molecule has 0 amide bonds. The first-order chi connectivity index (χ1) is 20.5. The minimum absolute atomic E-state index is 0. The molecule has 1 heterocycles. The first-order valence-corrected chi connectivity index (χ1v) is 15.4. The Morgan fingerprint density at radius 2 is 1.51 bits per heavy atom. The number of aryl methyl sites for hydroxylation is 1. The van der Waals surface area contributed by atoms with E-state index >= 15 is 0 Å². The standard InChI is InChI=1S/C37H43NO4.Na/c1-3-4-8-28-12-14-30(15-13-28)26-41-33-22-18-32(19-23-33)38-27(2)11-24-35(38)31-16-20-34(21-17-31)42-36(37(39)40)25-29-9-6-5-7-10-29;/h5-7,9-11,16-24,28,30,36H,3-4,8,12-15,25-26H2,1-2H3,(H,39,40);/q;+1/p-1/t28?,30?,36-;/m1./s1. The van der Waals surface area contributed by atoms with Gasteiger partial charge in [0, 0.05) is 17.8 Å². The SMILES string of the molecule is CCCCC1CCC(COc2ccc(-n3c(C)ccc3-c3ccc(O[C@H](Cc4ccccc4)C(=O)[O-])cc3)cc2)CC1.[Na+]. The van der Waals surface area contributed by atoms with Gasteiger partial charge in [-0.25, -0.2) is 0 Å². The minimum Gasteiger partial charge on any atom is -0.546 e. The molecule has 220 valence electrons. The molecule has 0 saturated heterocycles. The normalized spacial score (nSPS) is 17.1. The maximum absolute atomic E-state index is 11.7. The summed E-state index contributed by atoms with van der Waals surface area (Å²) in [6.45, 7) is 5.17. The maximum atomic E-state index is 11.7. The van der Waals surface area contributed by atoms with Crippen LogP contribution in [0.4, 0.5) is 0 Å². The quantitative estimate of drug-likeness (QED) is 0.215. The third kappa shape index (κ3) is 9.01. The number of hydrogen-bond acceptors (Lipinski definition) is 4. The summed E-state index contributed by atoms with van der Waals surface area (Å²) in [4.78, 5) is 11.7. The van der Waals surface area contributed by atoms with Gasteiger partial charge in [0.1, 0.15) is 17.6 Å². The first kappa shape index (κ1) is 32.9. The van der Waals surface area contributed by atoms with E-state index in [1.807, 2.05) is 54.6 Å². The number of aromatic nitrogens is 1. The Hall–Kier alpha value is -2.99. The predicted molar refractivity (Wildman–Crippen MR) is 166 cm³/mol. The van der Waals surface area contributed by atoms with Gasteiger partial charge in [0.2, 0.25) is 0 Å². The van der Waals surface area contributed by atoms with Gasteiger partial charge in [-0.3, -0.25) is 0 Å². The Kier molecular flexibility index (Phi) is 12.4. The molecule has 0 aliphatic heterocycles. The fourth-order valence-corrected chi connectivity index (χ4v) is 6.06. The van der Waals surface area contributed by atoms with Crippen LogP contribution in [0.5, 0.6) is 11.5 Å². The molecule has 5 nitrogen and oxygen atoms in total. The van der Waals surface area contributed by atoms with Gasteiger partial charge in [0.15, 0.2) is 0 Å². The molecule has 0 unspecified atom stereocenters. The van der Waals surface area contributed by atoms with Crippen LogP contribution in [0.25, 0.3) is 16.9 Å². The van der Waals surface area contributed by atoms with Crippen LogP contribution in [0.1, 0.15) is 63.1 Å². The number of ether oxygens (including phenoxy) is 2. The van der Waals surface area contributed by atoms with Crippen molar-refractivity contribution >= 4 is 5.97 Å². The molecule has 0 spiro atoms. The van der Waals surface area contributed by atoms with Crippen LogP contribution < -0.4 is 44.1 Å². The number of benzene rings is 3. The van der Waals surface area contributed by atoms with Gasteiger partial charge in [0.05, 0.1) is 18.3 Å². The number of carbonyl (C=O) groups is 1. The summed E-state index contributed by atoms with van der Waals surface area (Å²) in [5.41, 5.74) is 5.14. The molecule has 5 rings (SSSR count). The number of carbonyl (C=O) groups excluding carboxylic acids is 1. The third-order valence-corrected chi connectivity index (χ3v) is 8.54. The van der Waals surface area contributed by atoms with E-state index in [9.17, 15) is 9.90 Å². The Morgan fingerprint density at radius 1 is 0.860 bits per heavy atom. The molecule has 1 aliphatic carbocycles. The maximum Gasteiger partial charge on any atom is 1.00 e. The molecule has 4 aromatic rings. The molecular weight excluding hydrogens is 545 g/mol. The number of carboxylic acid groups (broad SMARTS) is 1. The molecular formula is C37H42NNaO4. The van der Waals surface area contributed by atoms with E-state index in [1.54, 1.807) is 0 Å². The second kappa shape index (κ2) is 16.2. The molecule has 1 aliphatic rings. The summed E-state index contributed by atoms with van der Waals surface area (Å²) >= 11 is 0. The Balaban J connectivity index is 0.00000423. The number of carboxylic acids is 1. The summed E-state index contributed by atoms with van der Waals surface area (Å²) in [7, 11) is 0. The van der Waals surface area contributed by atoms with Crippen molar-refractivity contribution in [2.75, 3.05) is 6.61 Å². The zero-order valence-corrected chi connectivity index (χ0v) is 27.8. The summed E-state index contributed by atoms with van der Waals surface area (Å²) in [5, 5.41) is 11.7. The van der Waals surface area contributed by atoms with Gasteiger partial charge in [-0.05, 0) is 103 Å². The summed E-state index contributed by atoms with van der Waals surface area (Å²) < 4.78 is 14.2. The molecule has 1 fully saturated rings. The Morgan fingerprint density at radius 3 is 2.16 bits per heavy atom.